The number of rotatable bonds is 4. The van der Waals surface area contributed by atoms with Gasteiger partial charge in [0.05, 0.1) is 23.4 Å². The first-order valence-electron chi connectivity index (χ1n) is 7.62. The van der Waals surface area contributed by atoms with Crippen LogP contribution in [-0.4, -0.2) is 29.5 Å². The smallest absolute Gasteiger partial charge is 0.315 e. The second-order valence-corrected chi connectivity index (χ2v) is 6.16. The van der Waals surface area contributed by atoms with Crippen molar-refractivity contribution in [1.82, 2.24) is 15.6 Å². The number of benzene rings is 1. The van der Waals surface area contributed by atoms with Crippen LogP contribution in [0.15, 0.2) is 35.2 Å². The van der Waals surface area contributed by atoms with Crippen LogP contribution in [-0.2, 0) is 11.3 Å². The van der Waals surface area contributed by atoms with E-state index in [9.17, 15) is 14.0 Å². The lowest BCUT2D eigenvalue weighted by atomic mass is 10.0. The lowest BCUT2D eigenvalue weighted by Crippen LogP contribution is -2.54. The van der Waals surface area contributed by atoms with Gasteiger partial charge in [-0.15, -0.1) is 11.3 Å². The van der Waals surface area contributed by atoms with E-state index in [0.717, 1.165) is 5.69 Å². The molecule has 1 atom stereocenters. The second kappa shape index (κ2) is 7.39. The molecule has 0 saturated carbocycles. The van der Waals surface area contributed by atoms with Crippen LogP contribution < -0.4 is 15.5 Å². The zero-order chi connectivity index (χ0) is 16.9. The zero-order valence-corrected chi connectivity index (χ0v) is 13.7. The van der Waals surface area contributed by atoms with Gasteiger partial charge in [0.1, 0.15) is 11.9 Å². The third kappa shape index (κ3) is 3.70. The lowest BCUT2D eigenvalue weighted by Gasteiger charge is -2.32. The Bertz CT molecular complexity index is 723. The third-order valence-corrected chi connectivity index (χ3v) is 4.44. The van der Waals surface area contributed by atoms with Crippen molar-refractivity contribution >= 4 is 29.0 Å². The second-order valence-electron chi connectivity index (χ2n) is 5.44. The summed E-state index contributed by atoms with van der Waals surface area (Å²) in [5.41, 5.74) is 2.70. The van der Waals surface area contributed by atoms with Crippen LogP contribution in [0.25, 0.3) is 0 Å². The molecule has 0 unspecified atom stereocenters. The number of anilines is 1. The Hall–Kier alpha value is -2.48. The number of carbonyl (C=O) groups excluding carboxylic acids is 2. The number of hydrogen-bond acceptors (Lipinski definition) is 4. The monoisotopic (exact) mass is 348 g/mol. The number of halogens is 1. The zero-order valence-electron chi connectivity index (χ0n) is 12.9. The molecule has 6 nitrogen and oxygen atoms in total. The highest BCUT2D eigenvalue weighted by molar-refractivity contribution is 7.07. The molecule has 3 rings (SSSR count). The van der Waals surface area contributed by atoms with E-state index in [1.807, 2.05) is 5.38 Å². The van der Waals surface area contributed by atoms with Crippen LogP contribution in [0, 0.1) is 5.82 Å². The topological polar surface area (TPSA) is 74.3 Å². The molecular formula is C16H17FN4O2S. The molecule has 1 aromatic carbocycles. The Morgan fingerprint density at radius 2 is 2.25 bits per heavy atom. The summed E-state index contributed by atoms with van der Waals surface area (Å²) in [5.74, 6) is -0.741. The number of carbonyl (C=O) groups is 2. The Morgan fingerprint density at radius 1 is 1.42 bits per heavy atom. The molecule has 1 aromatic heterocycles. The van der Waals surface area contributed by atoms with E-state index in [1.165, 1.54) is 22.3 Å². The van der Waals surface area contributed by atoms with Gasteiger partial charge in [-0.25, -0.2) is 14.2 Å². The van der Waals surface area contributed by atoms with Gasteiger partial charge in [-0.3, -0.25) is 4.79 Å². The highest BCUT2D eigenvalue weighted by Gasteiger charge is 2.31. The average Bonchev–Trinajstić information content (AvgIpc) is 3.09. The molecule has 0 aliphatic carbocycles. The van der Waals surface area contributed by atoms with Gasteiger partial charge in [0.15, 0.2) is 0 Å². The van der Waals surface area contributed by atoms with Crippen molar-refractivity contribution in [2.24, 2.45) is 0 Å². The Kier molecular flexibility index (Phi) is 5.05. The molecule has 2 N–H and O–H groups in total. The first-order valence-corrected chi connectivity index (χ1v) is 8.57. The highest BCUT2D eigenvalue weighted by Crippen LogP contribution is 2.23. The van der Waals surface area contributed by atoms with Crippen molar-refractivity contribution < 1.29 is 14.0 Å². The SMILES string of the molecule is O=C(NCc1cscn1)N[C@H]1CCCN(c2ccccc2F)C1=O. The molecule has 0 radical (unpaired) electrons. The van der Waals surface area contributed by atoms with Crippen LogP contribution in [0.1, 0.15) is 18.5 Å². The molecule has 24 heavy (non-hydrogen) atoms. The fourth-order valence-corrected chi connectivity index (χ4v) is 3.18. The van der Waals surface area contributed by atoms with Gasteiger partial charge in [-0.1, -0.05) is 12.1 Å². The van der Waals surface area contributed by atoms with Gasteiger partial charge in [0.2, 0.25) is 5.91 Å². The fraction of sp³-hybridized carbons (Fsp3) is 0.312. The molecule has 0 bridgehead atoms. The molecular weight excluding hydrogens is 331 g/mol. The number of thiazole rings is 1. The Morgan fingerprint density at radius 3 is 3.00 bits per heavy atom. The highest BCUT2D eigenvalue weighted by atomic mass is 32.1. The van der Waals surface area contributed by atoms with E-state index in [4.69, 9.17) is 0 Å². The summed E-state index contributed by atoms with van der Waals surface area (Å²) >= 11 is 1.45. The molecule has 2 aromatic rings. The first-order chi connectivity index (χ1) is 11.6. The largest absolute Gasteiger partial charge is 0.332 e. The van der Waals surface area contributed by atoms with Gasteiger partial charge >= 0.3 is 6.03 Å². The predicted octanol–water partition coefficient (Wildman–Crippen LogP) is 2.28. The number of piperidine rings is 1. The van der Waals surface area contributed by atoms with Gasteiger partial charge in [0, 0.05) is 11.9 Å². The van der Waals surface area contributed by atoms with Crippen LogP contribution in [0.4, 0.5) is 14.9 Å². The van der Waals surface area contributed by atoms with Crippen LogP contribution in [0.2, 0.25) is 0 Å². The summed E-state index contributed by atoms with van der Waals surface area (Å²) in [7, 11) is 0. The number of hydrogen-bond donors (Lipinski definition) is 2. The maximum atomic E-state index is 13.9. The molecule has 1 aliphatic rings. The number of nitrogens with one attached hydrogen (secondary N) is 2. The fourth-order valence-electron chi connectivity index (χ4n) is 2.62. The first kappa shape index (κ1) is 16.4. The molecule has 1 aliphatic heterocycles. The number of nitrogens with zero attached hydrogens (tertiary/aromatic N) is 2. The summed E-state index contributed by atoms with van der Waals surface area (Å²) in [6.07, 6.45) is 1.23. The lowest BCUT2D eigenvalue weighted by molar-refractivity contribution is -0.121. The normalized spacial score (nSPS) is 17.6. The molecule has 126 valence electrons. The Balaban J connectivity index is 1.60. The minimum absolute atomic E-state index is 0.247. The summed E-state index contributed by atoms with van der Waals surface area (Å²) in [4.78, 5) is 30.0. The van der Waals surface area contributed by atoms with E-state index in [1.54, 1.807) is 23.7 Å². The van der Waals surface area contributed by atoms with Crippen molar-refractivity contribution in [3.8, 4) is 0 Å². The van der Waals surface area contributed by atoms with Crippen molar-refractivity contribution in [2.45, 2.75) is 25.4 Å². The van der Waals surface area contributed by atoms with Gasteiger partial charge in [-0.2, -0.15) is 0 Å². The van der Waals surface area contributed by atoms with Crippen LogP contribution in [0.3, 0.4) is 0 Å². The maximum absolute atomic E-state index is 13.9. The van der Waals surface area contributed by atoms with Gasteiger partial charge in [0.25, 0.3) is 0 Å². The summed E-state index contributed by atoms with van der Waals surface area (Å²) in [6.45, 7) is 0.742. The maximum Gasteiger partial charge on any atom is 0.315 e. The number of urea groups is 1. The average molecular weight is 348 g/mol. The number of amides is 3. The van der Waals surface area contributed by atoms with E-state index >= 15 is 0 Å². The molecule has 1 saturated heterocycles. The minimum Gasteiger partial charge on any atom is -0.332 e. The van der Waals surface area contributed by atoms with Gasteiger partial charge in [-0.05, 0) is 25.0 Å². The standard InChI is InChI=1S/C16H17FN4O2S/c17-12-4-1-2-6-14(12)21-7-3-5-13(15(21)22)20-16(23)18-8-11-9-24-10-19-11/h1-2,4,6,9-10,13H,3,5,7-8H2,(H2,18,20,23)/t13-/m0/s1. The van der Waals surface area contributed by atoms with Crippen molar-refractivity contribution in [2.75, 3.05) is 11.4 Å². The third-order valence-electron chi connectivity index (χ3n) is 3.80. The molecule has 2 heterocycles. The van der Waals surface area contributed by atoms with Gasteiger partial charge < -0.3 is 15.5 Å². The van der Waals surface area contributed by atoms with E-state index < -0.39 is 17.9 Å². The number of aromatic nitrogens is 1. The molecule has 8 heteroatoms. The molecule has 0 spiro atoms. The van der Waals surface area contributed by atoms with E-state index in [0.29, 0.717) is 25.9 Å². The van der Waals surface area contributed by atoms with Crippen molar-refractivity contribution in [3.05, 3.63) is 46.7 Å². The van der Waals surface area contributed by atoms with E-state index in [-0.39, 0.29) is 11.6 Å². The summed E-state index contributed by atoms with van der Waals surface area (Å²) < 4.78 is 13.9. The van der Waals surface area contributed by atoms with Crippen molar-refractivity contribution in [1.29, 1.82) is 0 Å². The van der Waals surface area contributed by atoms with E-state index in [2.05, 4.69) is 15.6 Å². The molecule has 3 amide bonds. The minimum atomic E-state index is -0.659. The van der Waals surface area contributed by atoms with Crippen molar-refractivity contribution in [3.63, 3.8) is 0 Å². The quantitative estimate of drug-likeness (QED) is 0.890. The van der Waals surface area contributed by atoms with Crippen LogP contribution in [0.5, 0.6) is 0 Å². The summed E-state index contributed by atoms with van der Waals surface area (Å²) in [6, 6.07) is 5.06. The Labute approximate surface area is 142 Å². The molecule has 1 fully saturated rings. The number of para-hydroxylation sites is 1. The van der Waals surface area contributed by atoms with Crippen LogP contribution >= 0.6 is 11.3 Å². The summed E-state index contributed by atoms with van der Waals surface area (Å²) in [5, 5.41) is 7.17. The predicted molar refractivity (Wildman–Crippen MR) is 89.3 cm³/mol.